The fraction of sp³-hybridized carbons (Fsp3) is 0.118. The maximum atomic E-state index is 13.0. The minimum atomic E-state index is 0.0473. The van der Waals surface area contributed by atoms with Gasteiger partial charge in [-0.05, 0) is 42.1 Å². The lowest BCUT2D eigenvalue weighted by atomic mass is 10.2. The van der Waals surface area contributed by atoms with E-state index >= 15 is 0 Å². The molecule has 4 nitrogen and oxygen atoms in total. The summed E-state index contributed by atoms with van der Waals surface area (Å²) >= 11 is 5.99. The van der Waals surface area contributed by atoms with Crippen LogP contribution in [-0.2, 0) is 4.79 Å². The van der Waals surface area contributed by atoms with Crippen LogP contribution in [0.15, 0.2) is 67.8 Å². The van der Waals surface area contributed by atoms with Crippen LogP contribution in [-0.4, -0.2) is 27.3 Å². The van der Waals surface area contributed by atoms with E-state index in [2.05, 4.69) is 21.5 Å². The molecule has 126 valence electrons. The standard InChI is InChI=1S/C17H13N3OS4/c1-22-16-18-17(25-19-16)23-10-15(21)20-11-6-2-4-8-13(11)24-14-9-5-3-7-12(14)20/h2-9H,10H2,1H3. The van der Waals surface area contributed by atoms with Gasteiger partial charge in [0.25, 0.3) is 0 Å². The van der Waals surface area contributed by atoms with Crippen LogP contribution in [0.4, 0.5) is 11.4 Å². The van der Waals surface area contributed by atoms with Crippen molar-refractivity contribution in [2.75, 3.05) is 16.9 Å². The van der Waals surface area contributed by atoms with Gasteiger partial charge in [0, 0.05) is 9.79 Å². The van der Waals surface area contributed by atoms with Gasteiger partial charge in [0.15, 0.2) is 4.34 Å². The second kappa shape index (κ2) is 7.41. The maximum absolute atomic E-state index is 13.0. The van der Waals surface area contributed by atoms with Crippen molar-refractivity contribution in [2.45, 2.75) is 19.3 Å². The van der Waals surface area contributed by atoms with E-state index in [1.54, 1.807) is 11.8 Å². The Bertz CT molecular complexity index is 882. The molecule has 0 fully saturated rings. The summed E-state index contributed by atoms with van der Waals surface area (Å²) in [5.41, 5.74) is 1.89. The van der Waals surface area contributed by atoms with Gasteiger partial charge in [-0.25, -0.2) is 4.98 Å². The minimum Gasteiger partial charge on any atom is -0.278 e. The summed E-state index contributed by atoms with van der Waals surface area (Å²) in [7, 11) is 0. The van der Waals surface area contributed by atoms with Crippen LogP contribution in [0.5, 0.6) is 0 Å². The third kappa shape index (κ3) is 3.44. The zero-order chi connectivity index (χ0) is 17.2. The summed E-state index contributed by atoms with van der Waals surface area (Å²) in [6.07, 6.45) is 1.95. The molecule has 0 spiro atoms. The first kappa shape index (κ1) is 17.0. The van der Waals surface area contributed by atoms with Gasteiger partial charge in [-0.3, -0.25) is 9.69 Å². The molecule has 3 aromatic rings. The number of hydrogen-bond donors (Lipinski definition) is 0. The highest BCUT2D eigenvalue weighted by Crippen LogP contribution is 2.48. The molecule has 1 aromatic heterocycles. The predicted octanol–water partition coefficient (Wildman–Crippen LogP) is 5.18. The van der Waals surface area contributed by atoms with E-state index in [1.165, 1.54) is 35.1 Å². The molecule has 0 radical (unpaired) electrons. The van der Waals surface area contributed by atoms with Crippen molar-refractivity contribution < 1.29 is 4.79 Å². The number of carbonyl (C=O) groups excluding carboxylic acids is 1. The van der Waals surface area contributed by atoms with E-state index in [0.29, 0.717) is 5.75 Å². The number of carbonyl (C=O) groups is 1. The molecule has 25 heavy (non-hydrogen) atoms. The van der Waals surface area contributed by atoms with Gasteiger partial charge < -0.3 is 0 Å². The number of amides is 1. The molecular formula is C17H13N3OS4. The van der Waals surface area contributed by atoms with Crippen molar-refractivity contribution in [1.82, 2.24) is 9.36 Å². The van der Waals surface area contributed by atoms with Gasteiger partial charge in [-0.15, -0.1) is 0 Å². The van der Waals surface area contributed by atoms with E-state index in [9.17, 15) is 4.79 Å². The molecule has 1 amide bonds. The monoisotopic (exact) mass is 403 g/mol. The Morgan fingerprint density at radius 3 is 2.32 bits per heavy atom. The van der Waals surface area contributed by atoms with Gasteiger partial charge in [0.1, 0.15) is 0 Å². The second-order valence-electron chi connectivity index (χ2n) is 5.10. The smallest absolute Gasteiger partial charge is 0.242 e. The lowest BCUT2D eigenvalue weighted by molar-refractivity contribution is -0.115. The molecule has 2 aromatic carbocycles. The summed E-state index contributed by atoms with van der Waals surface area (Å²) in [5.74, 6) is 0.377. The summed E-state index contributed by atoms with van der Waals surface area (Å²) in [5, 5.41) is 0.755. The molecule has 0 saturated carbocycles. The van der Waals surface area contributed by atoms with Gasteiger partial charge in [0.05, 0.1) is 17.1 Å². The Hall–Kier alpha value is -1.48. The molecule has 0 unspecified atom stereocenters. The normalized spacial score (nSPS) is 12.6. The van der Waals surface area contributed by atoms with Crippen molar-refractivity contribution in [3.8, 4) is 0 Å². The van der Waals surface area contributed by atoms with E-state index in [4.69, 9.17) is 0 Å². The third-order valence-electron chi connectivity index (χ3n) is 3.57. The zero-order valence-corrected chi connectivity index (χ0v) is 16.5. The quantitative estimate of drug-likeness (QED) is 0.559. The SMILES string of the molecule is CSc1nsc(SCC(=O)N2c3ccccc3Sc3ccccc32)n1. The molecule has 0 aliphatic carbocycles. The highest BCUT2D eigenvalue weighted by Gasteiger charge is 2.27. The Kier molecular flexibility index (Phi) is 5.03. The van der Waals surface area contributed by atoms with Gasteiger partial charge >= 0.3 is 0 Å². The fourth-order valence-electron chi connectivity index (χ4n) is 2.50. The van der Waals surface area contributed by atoms with Crippen LogP contribution in [0.25, 0.3) is 0 Å². The molecule has 1 aliphatic heterocycles. The van der Waals surface area contributed by atoms with Crippen molar-refractivity contribution in [1.29, 1.82) is 0 Å². The molecular weight excluding hydrogens is 390 g/mol. The average Bonchev–Trinajstić information content (AvgIpc) is 3.12. The van der Waals surface area contributed by atoms with Gasteiger partial charge in [0.2, 0.25) is 11.1 Å². The first-order valence-corrected chi connectivity index (χ1v) is 11.3. The zero-order valence-electron chi connectivity index (χ0n) is 13.2. The number of benzene rings is 2. The van der Waals surface area contributed by atoms with E-state index in [1.807, 2.05) is 47.6 Å². The van der Waals surface area contributed by atoms with Crippen molar-refractivity contribution in [3.63, 3.8) is 0 Å². The summed E-state index contributed by atoms with van der Waals surface area (Å²) in [6.45, 7) is 0. The van der Waals surface area contributed by atoms with Crippen LogP contribution in [0.1, 0.15) is 0 Å². The minimum absolute atomic E-state index is 0.0473. The number of rotatable bonds is 4. The summed E-state index contributed by atoms with van der Waals surface area (Å²) < 4.78 is 5.07. The predicted molar refractivity (Wildman–Crippen MR) is 107 cm³/mol. The Balaban J connectivity index is 1.61. The Morgan fingerprint density at radius 1 is 1.08 bits per heavy atom. The average molecular weight is 404 g/mol. The molecule has 1 aliphatic rings. The molecule has 0 atom stereocenters. The number of hydrogen-bond acceptors (Lipinski definition) is 7. The number of nitrogens with zero attached hydrogens (tertiary/aromatic N) is 3. The first-order valence-electron chi connectivity index (χ1n) is 7.45. The van der Waals surface area contributed by atoms with Crippen LogP contribution in [0.3, 0.4) is 0 Å². The van der Waals surface area contributed by atoms with Crippen LogP contribution >= 0.6 is 46.8 Å². The third-order valence-corrected chi connectivity index (χ3v) is 7.18. The van der Waals surface area contributed by atoms with E-state index in [0.717, 1.165) is 30.7 Å². The van der Waals surface area contributed by atoms with E-state index < -0.39 is 0 Å². The Morgan fingerprint density at radius 2 is 1.72 bits per heavy atom. The summed E-state index contributed by atoms with van der Waals surface area (Å²) in [4.78, 5) is 21.4. The first-order chi connectivity index (χ1) is 12.3. The number of aromatic nitrogens is 2. The van der Waals surface area contributed by atoms with Crippen LogP contribution in [0.2, 0.25) is 0 Å². The molecule has 0 N–H and O–H groups in total. The maximum Gasteiger partial charge on any atom is 0.242 e. The molecule has 4 rings (SSSR count). The fourth-order valence-corrected chi connectivity index (χ4v) is 5.62. The lowest BCUT2D eigenvalue weighted by Gasteiger charge is -2.30. The largest absolute Gasteiger partial charge is 0.278 e. The number of fused-ring (bicyclic) bond motifs is 2. The van der Waals surface area contributed by atoms with Crippen molar-refractivity contribution in [2.24, 2.45) is 0 Å². The van der Waals surface area contributed by atoms with Crippen LogP contribution in [0, 0.1) is 0 Å². The highest BCUT2D eigenvalue weighted by molar-refractivity contribution is 8.01. The number of para-hydroxylation sites is 2. The second-order valence-corrected chi connectivity index (χ2v) is 8.93. The van der Waals surface area contributed by atoms with Gasteiger partial charge in [-0.2, -0.15) is 4.37 Å². The Labute approximate surface area is 162 Å². The summed E-state index contributed by atoms with van der Waals surface area (Å²) in [6, 6.07) is 16.0. The molecule has 0 bridgehead atoms. The topological polar surface area (TPSA) is 46.1 Å². The number of thioether (sulfide) groups is 2. The van der Waals surface area contributed by atoms with Crippen molar-refractivity contribution in [3.05, 3.63) is 48.5 Å². The lowest BCUT2D eigenvalue weighted by Crippen LogP contribution is -2.29. The van der Waals surface area contributed by atoms with Crippen molar-refractivity contribution >= 4 is 64.1 Å². The van der Waals surface area contributed by atoms with E-state index in [-0.39, 0.29) is 5.91 Å². The van der Waals surface area contributed by atoms with Gasteiger partial charge in [-0.1, -0.05) is 59.6 Å². The highest BCUT2D eigenvalue weighted by atomic mass is 32.2. The number of anilines is 2. The molecule has 0 saturated heterocycles. The molecule has 2 heterocycles. The molecule has 8 heteroatoms. The van der Waals surface area contributed by atoms with Crippen LogP contribution < -0.4 is 4.90 Å².